The zero-order valence-corrected chi connectivity index (χ0v) is 35.1. The molecular weight excluding hydrogens is 1060 g/mol. The molecule has 0 amide bonds. The van der Waals surface area contributed by atoms with E-state index in [0.717, 1.165) is 0 Å². The minimum atomic E-state index is -6.13. The molecular formula is C44H22BF25N2O. The molecule has 0 atom stereocenters. The first kappa shape index (κ1) is 57.1. The van der Waals surface area contributed by atoms with Gasteiger partial charge in [-0.3, -0.25) is 4.79 Å². The molecule has 1 heterocycles. The molecule has 0 saturated carbocycles. The maximum Gasteiger partial charge on any atom is 0.416 e. The van der Waals surface area contributed by atoms with Crippen LogP contribution in [0.4, 0.5) is 110 Å². The highest BCUT2D eigenvalue weighted by Gasteiger charge is 2.47. The van der Waals surface area contributed by atoms with Gasteiger partial charge in [0.15, 0.2) is 6.20 Å². The molecule has 73 heavy (non-hydrogen) atoms. The van der Waals surface area contributed by atoms with Crippen molar-refractivity contribution in [1.29, 1.82) is 0 Å². The molecule has 3 nitrogen and oxygen atoms in total. The van der Waals surface area contributed by atoms with Crippen molar-refractivity contribution in [3.05, 3.63) is 178 Å². The topological polar surface area (TPSA) is 33.8 Å². The first-order valence-corrected chi connectivity index (χ1v) is 19.5. The van der Waals surface area contributed by atoms with E-state index in [1.165, 1.54) is 17.0 Å². The number of carbonyl (C=O) groups is 1. The molecule has 392 valence electrons. The maximum atomic E-state index is 14.2. The normalized spacial score (nSPS) is 13.4. The number of halogens is 25. The second kappa shape index (κ2) is 19.5. The van der Waals surface area contributed by atoms with Gasteiger partial charge in [0.05, 0.1) is 50.7 Å². The Morgan fingerprint density at radius 3 is 0.863 bits per heavy atom. The van der Waals surface area contributed by atoms with Crippen molar-refractivity contribution in [3.8, 4) is 0 Å². The van der Waals surface area contributed by atoms with Crippen molar-refractivity contribution >= 4 is 33.8 Å². The Hall–Kier alpha value is -6.84. The molecule has 0 spiro atoms. The number of hydrogen-bond acceptors (Lipinski definition) is 2. The fraction of sp³-hybridized carbons (Fsp3) is 0.205. The number of aromatic nitrogens is 2. The van der Waals surface area contributed by atoms with Crippen LogP contribution in [0.1, 0.15) is 54.9 Å². The molecule has 0 radical (unpaired) electrons. The van der Waals surface area contributed by atoms with Gasteiger partial charge in [0.25, 0.3) is 5.95 Å². The molecule has 0 bridgehead atoms. The summed E-state index contributed by atoms with van der Waals surface area (Å²) in [5.74, 6) is -0.653. The summed E-state index contributed by atoms with van der Waals surface area (Å²) >= 11 is 0. The second-order valence-corrected chi connectivity index (χ2v) is 15.6. The lowest BCUT2D eigenvalue weighted by molar-refractivity contribution is -0.685. The van der Waals surface area contributed by atoms with Gasteiger partial charge in [0, 0.05) is 5.56 Å². The molecule has 6 rings (SSSR count). The van der Waals surface area contributed by atoms with E-state index in [-0.39, 0.29) is 12.3 Å². The lowest BCUT2D eigenvalue weighted by Gasteiger charge is -2.46. The van der Waals surface area contributed by atoms with Crippen LogP contribution in [0.2, 0.25) is 0 Å². The minimum Gasteiger partial charge on any atom is -0.287 e. The van der Waals surface area contributed by atoms with E-state index >= 15 is 0 Å². The molecule has 0 N–H and O–H groups in total. The van der Waals surface area contributed by atoms with Gasteiger partial charge in [-0.2, -0.15) is 136 Å². The van der Waals surface area contributed by atoms with Crippen molar-refractivity contribution in [3.63, 3.8) is 0 Å². The summed E-state index contributed by atoms with van der Waals surface area (Å²) in [5.41, 5.74) is -29.6. The van der Waals surface area contributed by atoms with Crippen LogP contribution in [0.25, 0.3) is 0 Å². The number of carbonyl (C=O) groups excluding carboxylic acids is 1. The molecule has 0 aliphatic heterocycles. The zero-order valence-electron chi connectivity index (χ0n) is 35.1. The molecule has 29 heteroatoms. The van der Waals surface area contributed by atoms with Crippen LogP contribution in [0, 0.1) is 5.95 Å². The molecule has 1 aromatic heterocycles. The van der Waals surface area contributed by atoms with Crippen molar-refractivity contribution < 1.29 is 119 Å². The molecule has 6 aromatic rings. The maximum absolute atomic E-state index is 14.2. The van der Waals surface area contributed by atoms with Crippen molar-refractivity contribution in [1.82, 2.24) is 4.98 Å². The Balaban J connectivity index is 0.000000520. The summed E-state index contributed by atoms with van der Waals surface area (Å²) in [5, 5.41) is 0. The number of nitrogens with zero attached hydrogens (tertiary/aromatic N) is 2. The average Bonchev–Trinajstić information content (AvgIpc) is 3.24. The summed E-state index contributed by atoms with van der Waals surface area (Å²) in [4.78, 5) is 15.2. The van der Waals surface area contributed by atoms with E-state index in [0.29, 0.717) is 5.56 Å². The van der Waals surface area contributed by atoms with Gasteiger partial charge in [0.1, 0.15) is 6.15 Å². The highest BCUT2D eigenvalue weighted by atomic mass is 19.4. The molecule has 0 aliphatic rings. The summed E-state index contributed by atoms with van der Waals surface area (Å²) in [6, 6.07) is 0.0994. The predicted octanol–water partition coefficient (Wildman–Crippen LogP) is 12.6. The Kier molecular flexibility index (Phi) is 15.3. The number of Topliss-reactive ketones (excluding diaryl/α,β-unsaturated/α-hetero) is 1. The summed E-state index contributed by atoms with van der Waals surface area (Å²) in [6.07, 6.45) is -50.7. The first-order valence-electron chi connectivity index (χ1n) is 19.5. The Morgan fingerprint density at radius 1 is 0.397 bits per heavy atom. The SMILES string of the molecule is FC(F)(F)c1cc([B-](c2cc(C(F)(F)F)cc(C(F)(F)F)c2)(c2cc(C(F)(F)F)cc(C(F)(F)F)c2)c2cc(C(F)(F)F)cc(C(F)(F)F)c2)cc(C(F)(F)F)c1.O=C(C[n+]1ccnc(F)c1)c1ccccc1. The van der Waals surface area contributed by atoms with Gasteiger partial charge < -0.3 is 0 Å². The number of benzene rings is 5. The van der Waals surface area contributed by atoms with Gasteiger partial charge in [-0.15, -0.1) is 0 Å². The molecule has 0 unspecified atom stereocenters. The minimum absolute atomic E-state index is 0.0591. The Labute approximate surface area is 391 Å². The highest BCUT2D eigenvalue weighted by molar-refractivity contribution is 7.20. The second-order valence-electron chi connectivity index (χ2n) is 15.6. The fourth-order valence-corrected chi connectivity index (χ4v) is 7.45. The van der Waals surface area contributed by atoms with Crippen LogP contribution in [0.15, 0.2) is 122 Å². The first-order chi connectivity index (χ1) is 33.0. The summed E-state index contributed by atoms with van der Waals surface area (Å²) < 4.78 is 355. The highest BCUT2D eigenvalue weighted by Crippen LogP contribution is 2.41. The van der Waals surface area contributed by atoms with E-state index in [1.54, 1.807) is 30.5 Å². The number of ketones is 1. The van der Waals surface area contributed by atoms with E-state index in [9.17, 15) is 115 Å². The third-order valence-electron chi connectivity index (χ3n) is 10.6. The van der Waals surface area contributed by atoms with Gasteiger partial charge in [0.2, 0.25) is 18.5 Å². The van der Waals surface area contributed by atoms with Gasteiger partial charge in [-0.25, -0.2) is 4.98 Å². The monoisotopic (exact) mass is 1080 g/mol. The zero-order chi connectivity index (χ0) is 55.3. The van der Waals surface area contributed by atoms with Crippen molar-refractivity contribution in [2.24, 2.45) is 0 Å². The van der Waals surface area contributed by atoms with Crippen LogP contribution in [0.5, 0.6) is 0 Å². The van der Waals surface area contributed by atoms with E-state index < -0.39 is 201 Å². The van der Waals surface area contributed by atoms with Crippen LogP contribution in [0.3, 0.4) is 0 Å². The standard InChI is InChI=1S/C32H12BF24.C12H10FN2O/c34-25(35,36)13-1-14(26(37,38)39)6-21(5-13)33(22-7-15(27(40,41)42)2-16(8-22)28(43,44)45,23-9-17(29(46,47)48)3-18(10-23)30(49,50)51)24-11-19(31(52,53)54)4-20(12-24)32(55,56)57;13-12-9-15(7-6-14-12)8-11(16)10-4-2-1-3-5-10/h1-12H;1-7,9H,8H2/q-1;+1. The quantitative estimate of drug-likeness (QED) is 0.0691. The molecule has 5 aromatic carbocycles. The van der Waals surface area contributed by atoms with Crippen LogP contribution >= 0.6 is 0 Å². The number of alkyl halides is 24. The Morgan fingerprint density at radius 2 is 0.644 bits per heavy atom. The largest absolute Gasteiger partial charge is 0.416 e. The van der Waals surface area contributed by atoms with Crippen LogP contribution in [-0.2, 0) is 56.0 Å². The van der Waals surface area contributed by atoms with Gasteiger partial charge in [-0.1, -0.05) is 78.9 Å². The number of rotatable bonds is 7. The van der Waals surface area contributed by atoms with Gasteiger partial charge >= 0.3 is 49.4 Å². The van der Waals surface area contributed by atoms with Crippen LogP contribution in [-0.4, -0.2) is 16.9 Å². The predicted molar refractivity (Wildman–Crippen MR) is 205 cm³/mol. The third kappa shape index (κ3) is 13.4. The van der Waals surface area contributed by atoms with E-state index in [2.05, 4.69) is 4.98 Å². The van der Waals surface area contributed by atoms with E-state index in [1.807, 2.05) is 6.07 Å². The summed E-state index contributed by atoms with van der Waals surface area (Å²) in [7, 11) is 0. The van der Waals surface area contributed by atoms with E-state index in [4.69, 9.17) is 0 Å². The Bertz CT molecular complexity index is 2530. The number of hydrogen-bond donors (Lipinski definition) is 0. The smallest absolute Gasteiger partial charge is 0.287 e. The van der Waals surface area contributed by atoms with Crippen molar-refractivity contribution in [2.45, 2.75) is 56.0 Å². The van der Waals surface area contributed by atoms with Crippen LogP contribution < -0.4 is 26.4 Å². The van der Waals surface area contributed by atoms with Gasteiger partial charge in [-0.05, 0) is 24.3 Å². The molecule has 0 aliphatic carbocycles. The fourth-order valence-electron chi connectivity index (χ4n) is 7.45. The van der Waals surface area contributed by atoms with Crippen molar-refractivity contribution in [2.75, 3.05) is 0 Å². The lowest BCUT2D eigenvalue weighted by atomic mass is 9.12. The lowest BCUT2D eigenvalue weighted by Crippen LogP contribution is -2.75. The summed E-state index contributed by atoms with van der Waals surface area (Å²) in [6.45, 7) is 0.115. The molecule has 0 fully saturated rings. The average molecular weight is 1080 g/mol. The third-order valence-corrected chi connectivity index (χ3v) is 10.6. The molecule has 0 saturated heterocycles.